The molecule has 0 spiro atoms. The fraction of sp³-hybridized carbons (Fsp3) is 0.345. The third-order valence-electron chi connectivity index (χ3n) is 6.38. The van der Waals surface area contributed by atoms with Gasteiger partial charge in [-0.15, -0.1) is 0 Å². The SMILES string of the molecule is Cc1nc(-c2ccccc2)nc(C(=O)N2CCN(C(=O)Cc3ccc(F)cc3)[C@@H](C)C2)c1C(=O)OC(C)C. The Morgan fingerprint density at radius 3 is 2.34 bits per heavy atom. The van der Waals surface area contributed by atoms with Crippen molar-refractivity contribution >= 4 is 17.8 Å². The molecule has 8 nitrogen and oxygen atoms in total. The van der Waals surface area contributed by atoms with Gasteiger partial charge in [0.05, 0.1) is 18.2 Å². The maximum Gasteiger partial charge on any atom is 0.342 e. The predicted molar refractivity (Wildman–Crippen MR) is 140 cm³/mol. The molecule has 0 aliphatic carbocycles. The number of aromatic nitrogens is 2. The summed E-state index contributed by atoms with van der Waals surface area (Å²) in [5, 5.41) is 0. The zero-order valence-electron chi connectivity index (χ0n) is 22.0. The van der Waals surface area contributed by atoms with Crippen molar-refractivity contribution in [2.45, 2.75) is 46.3 Å². The molecule has 0 bridgehead atoms. The van der Waals surface area contributed by atoms with E-state index in [1.807, 2.05) is 37.3 Å². The summed E-state index contributed by atoms with van der Waals surface area (Å²) in [6.45, 7) is 7.88. The predicted octanol–water partition coefficient (Wildman–Crippen LogP) is 4.07. The molecule has 1 aromatic heterocycles. The zero-order chi connectivity index (χ0) is 27.4. The summed E-state index contributed by atoms with van der Waals surface area (Å²) in [6, 6.07) is 14.8. The van der Waals surface area contributed by atoms with Gasteiger partial charge in [-0.1, -0.05) is 42.5 Å². The van der Waals surface area contributed by atoms with Crippen molar-refractivity contribution < 1.29 is 23.5 Å². The van der Waals surface area contributed by atoms with Crippen molar-refractivity contribution in [1.29, 1.82) is 0 Å². The van der Waals surface area contributed by atoms with Crippen molar-refractivity contribution in [1.82, 2.24) is 19.8 Å². The van der Waals surface area contributed by atoms with Crippen LogP contribution in [0.3, 0.4) is 0 Å². The molecule has 0 unspecified atom stereocenters. The summed E-state index contributed by atoms with van der Waals surface area (Å²) in [7, 11) is 0. The average Bonchev–Trinajstić information content (AvgIpc) is 2.89. The molecule has 1 saturated heterocycles. The Balaban J connectivity index is 1.58. The van der Waals surface area contributed by atoms with E-state index in [2.05, 4.69) is 9.97 Å². The van der Waals surface area contributed by atoms with Crippen LogP contribution in [0.25, 0.3) is 11.4 Å². The second-order valence-corrected chi connectivity index (χ2v) is 9.67. The molecule has 0 saturated carbocycles. The molecular formula is C29H31FN4O4. The van der Waals surface area contributed by atoms with Crippen LogP contribution >= 0.6 is 0 Å². The van der Waals surface area contributed by atoms with E-state index in [0.29, 0.717) is 18.1 Å². The molecule has 0 N–H and O–H groups in total. The van der Waals surface area contributed by atoms with Gasteiger partial charge in [-0.2, -0.15) is 0 Å². The maximum atomic E-state index is 13.8. The number of hydrogen-bond donors (Lipinski definition) is 0. The quantitative estimate of drug-likeness (QED) is 0.457. The van der Waals surface area contributed by atoms with Crippen LogP contribution in [0.15, 0.2) is 54.6 Å². The third kappa shape index (κ3) is 6.04. The van der Waals surface area contributed by atoms with E-state index in [1.54, 1.807) is 42.7 Å². The molecule has 1 atom stereocenters. The molecule has 1 fully saturated rings. The number of halogens is 1. The number of carbonyl (C=O) groups excluding carboxylic acids is 3. The molecule has 2 heterocycles. The van der Waals surface area contributed by atoms with Gasteiger partial charge in [-0.25, -0.2) is 19.2 Å². The molecule has 4 rings (SSSR count). The fourth-order valence-corrected chi connectivity index (χ4v) is 4.50. The minimum Gasteiger partial charge on any atom is -0.459 e. The molecule has 0 radical (unpaired) electrons. The maximum absolute atomic E-state index is 13.8. The summed E-state index contributed by atoms with van der Waals surface area (Å²) in [4.78, 5) is 52.1. The average molecular weight is 519 g/mol. The number of ether oxygens (including phenoxy) is 1. The first-order valence-electron chi connectivity index (χ1n) is 12.6. The Morgan fingerprint density at radius 1 is 1.03 bits per heavy atom. The highest BCUT2D eigenvalue weighted by molar-refractivity contribution is 6.05. The van der Waals surface area contributed by atoms with Crippen LogP contribution in [-0.2, 0) is 16.0 Å². The monoisotopic (exact) mass is 518 g/mol. The Hall–Kier alpha value is -4.14. The highest BCUT2D eigenvalue weighted by Crippen LogP contribution is 2.23. The van der Waals surface area contributed by atoms with Gasteiger partial charge < -0.3 is 14.5 Å². The number of amides is 2. The minimum atomic E-state index is -0.651. The first-order valence-corrected chi connectivity index (χ1v) is 12.6. The molecule has 2 amide bonds. The van der Waals surface area contributed by atoms with Crippen molar-refractivity contribution in [3.05, 3.63) is 82.9 Å². The smallest absolute Gasteiger partial charge is 0.342 e. The molecular weight excluding hydrogens is 487 g/mol. The van der Waals surface area contributed by atoms with Crippen molar-refractivity contribution in [3.63, 3.8) is 0 Å². The number of nitrogens with zero attached hydrogens (tertiary/aromatic N) is 4. The van der Waals surface area contributed by atoms with Gasteiger partial charge >= 0.3 is 5.97 Å². The van der Waals surface area contributed by atoms with Crippen LogP contribution < -0.4 is 0 Å². The highest BCUT2D eigenvalue weighted by atomic mass is 19.1. The Labute approximate surface area is 221 Å². The molecule has 1 aliphatic heterocycles. The van der Waals surface area contributed by atoms with E-state index in [4.69, 9.17) is 4.74 Å². The second-order valence-electron chi connectivity index (χ2n) is 9.67. The number of rotatable bonds is 6. The fourth-order valence-electron chi connectivity index (χ4n) is 4.50. The Morgan fingerprint density at radius 2 is 1.71 bits per heavy atom. The Bertz CT molecular complexity index is 1330. The lowest BCUT2D eigenvalue weighted by atomic mass is 10.1. The van der Waals surface area contributed by atoms with Crippen LogP contribution in [0.2, 0.25) is 0 Å². The molecule has 198 valence electrons. The molecule has 9 heteroatoms. The first kappa shape index (κ1) is 26.9. The Kier molecular flexibility index (Phi) is 8.14. The zero-order valence-corrected chi connectivity index (χ0v) is 22.0. The van der Waals surface area contributed by atoms with Crippen LogP contribution in [0.5, 0.6) is 0 Å². The normalized spacial score (nSPS) is 15.5. The van der Waals surface area contributed by atoms with Gasteiger partial charge in [0.2, 0.25) is 5.91 Å². The number of carbonyl (C=O) groups is 3. The van der Waals surface area contributed by atoms with Crippen LogP contribution in [0.1, 0.15) is 52.9 Å². The number of esters is 1. The molecule has 2 aromatic carbocycles. The summed E-state index contributed by atoms with van der Waals surface area (Å²) >= 11 is 0. The van der Waals surface area contributed by atoms with Crippen molar-refractivity contribution in [3.8, 4) is 11.4 Å². The summed E-state index contributed by atoms with van der Waals surface area (Å²) < 4.78 is 18.6. The van der Waals surface area contributed by atoms with E-state index in [0.717, 1.165) is 11.1 Å². The summed E-state index contributed by atoms with van der Waals surface area (Å²) in [6.07, 6.45) is -0.232. The molecule has 38 heavy (non-hydrogen) atoms. The largest absolute Gasteiger partial charge is 0.459 e. The van der Waals surface area contributed by atoms with Gasteiger partial charge in [-0.05, 0) is 45.4 Å². The van der Waals surface area contributed by atoms with Crippen molar-refractivity contribution in [2.75, 3.05) is 19.6 Å². The topological polar surface area (TPSA) is 92.7 Å². The van der Waals surface area contributed by atoms with Crippen LogP contribution in [-0.4, -0.2) is 69.3 Å². The molecule has 1 aliphatic rings. The highest BCUT2D eigenvalue weighted by Gasteiger charge is 2.34. The van der Waals surface area contributed by atoms with Gasteiger partial charge in [0.1, 0.15) is 17.1 Å². The lowest BCUT2D eigenvalue weighted by molar-refractivity contribution is -0.134. The lowest BCUT2D eigenvalue weighted by Gasteiger charge is -2.40. The van der Waals surface area contributed by atoms with Gasteiger partial charge in [-0.3, -0.25) is 9.59 Å². The van der Waals surface area contributed by atoms with Crippen LogP contribution in [0.4, 0.5) is 4.39 Å². The minimum absolute atomic E-state index is 0.0136. The first-order chi connectivity index (χ1) is 18.1. The van der Waals surface area contributed by atoms with Crippen LogP contribution in [0, 0.1) is 12.7 Å². The molecule has 3 aromatic rings. The van der Waals surface area contributed by atoms with E-state index in [1.165, 1.54) is 12.1 Å². The standard InChI is InChI=1S/C29H31FN4O4/c1-18(2)38-29(37)25-20(4)31-27(22-8-6-5-7-9-22)32-26(25)28(36)33-14-15-34(19(3)17-33)24(35)16-21-10-12-23(30)13-11-21/h5-13,18-19H,14-17H2,1-4H3/t19-/m0/s1. The number of benzene rings is 2. The summed E-state index contributed by atoms with van der Waals surface area (Å²) in [5.74, 6) is -1.17. The van der Waals surface area contributed by atoms with E-state index >= 15 is 0 Å². The van der Waals surface area contributed by atoms with Gasteiger partial charge in [0, 0.05) is 31.2 Å². The third-order valence-corrected chi connectivity index (χ3v) is 6.38. The number of hydrogen-bond acceptors (Lipinski definition) is 6. The van der Waals surface area contributed by atoms with E-state index in [9.17, 15) is 18.8 Å². The van der Waals surface area contributed by atoms with Gasteiger partial charge in [0.25, 0.3) is 5.91 Å². The number of aryl methyl sites for hydroxylation is 1. The summed E-state index contributed by atoms with van der Waals surface area (Å²) in [5.41, 5.74) is 1.83. The second kappa shape index (κ2) is 11.5. The lowest BCUT2D eigenvalue weighted by Crippen LogP contribution is -2.56. The number of piperazine rings is 1. The van der Waals surface area contributed by atoms with E-state index in [-0.39, 0.29) is 54.6 Å². The van der Waals surface area contributed by atoms with Gasteiger partial charge in [0.15, 0.2) is 5.82 Å². The van der Waals surface area contributed by atoms with Crippen molar-refractivity contribution in [2.24, 2.45) is 0 Å². The van der Waals surface area contributed by atoms with E-state index < -0.39 is 11.9 Å².